The van der Waals surface area contributed by atoms with Crippen LogP contribution in [0.1, 0.15) is 31.9 Å². The van der Waals surface area contributed by atoms with E-state index in [4.69, 9.17) is 0 Å². The Bertz CT molecular complexity index is 882. The zero-order chi connectivity index (χ0) is 17.1. The molecule has 24 heavy (non-hydrogen) atoms. The SMILES string of the molecule is CCC(NC(C)Cn1ncc2ccccc2c1=O)c1cnn(C)c1. The van der Waals surface area contributed by atoms with Crippen molar-refractivity contribution in [3.63, 3.8) is 0 Å². The normalized spacial score (nSPS) is 14.0. The third-order valence-corrected chi connectivity index (χ3v) is 4.23. The second kappa shape index (κ2) is 6.97. The van der Waals surface area contributed by atoms with Crippen molar-refractivity contribution >= 4 is 10.8 Å². The molecule has 2 atom stereocenters. The van der Waals surface area contributed by atoms with Gasteiger partial charge >= 0.3 is 0 Å². The maximum absolute atomic E-state index is 12.6. The molecule has 0 amide bonds. The summed E-state index contributed by atoms with van der Waals surface area (Å²) in [6, 6.07) is 7.87. The molecule has 6 nitrogen and oxygen atoms in total. The topological polar surface area (TPSA) is 64.7 Å². The molecule has 0 saturated heterocycles. The van der Waals surface area contributed by atoms with Crippen molar-refractivity contribution in [3.05, 3.63) is 58.8 Å². The first-order valence-corrected chi connectivity index (χ1v) is 8.28. The van der Waals surface area contributed by atoms with E-state index < -0.39 is 0 Å². The van der Waals surface area contributed by atoms with Crippen molar-refractivity contribution in [1.82, 2.24) is 24.9 Å². The summed E-state index contributed by atoms with van der Waals surface area (Å²) in [5.74, 6) is 0. The Hall–Kier alpha value is -2.47. The van der Waals surface area contributed by atoms with Gasteiger partial charge in [-0.2, -0.15) is 10.2 Å². The number of nitrogens with zero attached hydrogens (tertiary/aromatic N) is 4. The van der Waals surface area contributed by atoms with E-state index in [0.29, 0.717) is 11.9 Å². The number of nitrogens with one attached hydrogen (secondary N) is 1. The molecule has 3 aromatic rings. The van der Waals surface area contributed by atoms with Crippen LogP contribution in [0.3, 0.4) is 0 Å². The van der Waals surface area contributed by atoms with Crippen LogP contribution in [0.5, 0.6) is 0 Å². The van der Waals surface area contributed by atoms with Crippen LogP contribution in [-0.4, -0.2) is 25.6 Å². The third-order valence-electron chi connectivity index (χ3n) is 4.23. The van der Waals surface area contributed by atoms with Crippen LogP contribution in [0.25, 0.3) is 10.8 Å². The van der Waals surface area contributed by atoms with E-state index in [1.807, 2.05) is 43.7 Å². The van der Waals surface area contributed by atoms with E-state index in [2.05, 4.69) is 29.4 Å². The standard InChI is InChI=1S/C18H23N5O/c1-4-17(15-10-19-22(3)12-15)21-13(2)11-23-18(24)16-8-6-5-7-14(16)9-20-23/h5-10,12-13,17,21H,4,11H2,1-3H3. The quantitative estimate of drug-likeness (QED) is 0.755. The van der Waals surface area contributed by atoms with E-state index >= 15 is 0 Å². The molecule has 0 aliphatic carbocycles. The van der Waals surface area contributed by atoms with Crippen molar-refractivity contribution in [1.29, 1.82) is 0 Å². The number of aryl methyl sites for hydroxylation is 1. The maximum Gasteiger partial charge on any atom is 0.274 e. The Morgan fingerprint density at radius 1 is 1.21 bits per heavy atom. The first-order chi connectivity index (χ1) is 11.6. The lowest BCUT2D eigenvalue weighted by molar-refractivity contribution is 0.386. The molecule has 0 aliphatic rings. The van der Waals surface area contributed by atoms with Crippen molar-refractivity contribution in [2.24, 2.45) is 7.05 Å². The first kappa shape index (κ1) is 16.4. The molecule has 2 aromatic heterocycles. The lowest BCUT2D eigenvalue weighted by atomic mass is 10.1. The zero-order valence-electron chi connectivity index (χ0n) is 14.3. The van der Waals surface area contributed by atoms with E-state index in [9.17, 15) is 4.79 Å². The lowest BCUT2D eigenvalue weighted by Gasteiger charge is -2.21. The van der Waals surface area contributed by atoms with E-state index in [1.165, 1.54) is 4.68 Å². The fourth-order valence-electron chi connectivity index (χ4n) is 2.98. The van der Waals surface area contributed by atoms with Crippen molar-refractivity contribution < 1.29 is 0 Å². The molecule has 126 valence electrons. The van der Waals surface area contributed by atoms with Gasteiger partial charge in [-0.05, 0) is 19.4 Å². The molecule has 0 radical (unpaired) electrons. The Kier molecular flexibility index (Phi) is 4.76. The average Bonchev–Trinajstić information content (AvgIpc) is 3.02. The first-order valence-electron chi connectivity index (χ1n) is 8.28. The lowest BCUT2D eigenvalue weighted by Crippen LogP contribution is -2.37. The van der Waals surface area contributed by atoms with Crippen molar-refractivity contribution in [2.75, 3.05) is 0 Å². The minimum absolute atomic E-state index is 0.0452. The number of rotatable bonds is 6. The van der Waals surface area contributed by atoms with Crippen LogP contribution in [-0.2, 0) is 13.6 Å². The molecular formula is C18H23N5O. The summed E-state index contributed by atoms with van der Waals surface area (Å²) in [5.41, 5.74) is 1.11. The maximum atomic E-state index is 12.6. The molecule has 0 bridgehead atoms. The summed E-state index contributed by atoms with van der Waals surface area (Å²) in [6.45, 7) is 4.74. The summed E-state index contributed by atoms with van der Waals surface area (Å²) in [5, 5.41) is 13.7. The molecule has 2 heterocycles. The third kappa shape index (κ3) is 3.38. The predicted octanol–water partition coefficient (Wildman–Crippen LogP) is 2.26. The van der Waals surface area contributed by atoms with Gasteiger partial charge in [0, 0.05) is 36.3 Å². The molecule has 0 saturated carbocycles. The van der Waals surface area contributed by atoms with Gasteiger partial charge < -0.3 is 5.32 Å². The van der Waals surface area contributed by atoms with Gasteiger partial charge in [-0.15, -0.1) is 0 Å². The highest BCUT2D eigenvalue weighted by Crippen LogP contribution is 2.16. The second-order valence-electron chi connectivity index (χ2n) is 6.19. The Morgan fingerprint density at radius 3 is 2.71 bits per heavy atom. The molecule has 0 aliphatic heterocycles. The Balaban J connectivity index is 1.76. The van der Waals surface area contributed by atoms with Crippen molar-refractivity contribution in [2.45, 2.75) is 38.9 Å². The Labute approximate surface area is 141 Å². The zero-order valence-corrected chi connectivity index (χ0v) is 14.3. The van der Waals surface area contributed by atoms with Gasteiger partial charge in [0.25, 0.3) is 5.56 Å². The number of hydrogen-bond acceptors (Lipinski definition) is 4. The van der Waals surface area contributed by atoms with E-state index in [1.54, 1.807) is 10.9 Å². The summed E-state index contributed by atoms with van der Waals surface area (Å²) in [7, 11) is 1.91. The predicted molar refractivity (Wildman–Crippen MR) is 94.8 cm³/mol. The number of aromatic nitrogens is 4. The van der Waals surface area contributed by atoms with Gasteiger partial charge in [0.2, 0.25) is 0 Å². The summed E-state index contributed by atoms with van der Waals surface area (Å²) < 4.78 is 3.34. The van der Waals surface area contributed by atoms with Crippen LogP contribution in [0.4, 0.5) is 0 Å². The second-order valence-corrected chi connectivity index (χ2v) is 6.19. The van der Waals surface area contributed by atoms with Crippen LogP contribution in [0.2, 0.25) is 0 Å². The highest BCUT2D eigenvalue weighted by Gasteiger charge is 2.15. The van der Waals surface area contributed by atoms with Crippen molar-refractivity contribution in [3.8, 4) is 0 Å². The van der Waals surface area contributed by atoms with E-state index in [0.717, 1.165) is 17.4 Å². The summed E-state index contributed by atoms with van der Waals surface area (Å²) in [6.07, 6.45) is 6.61. The number of benzene rings is 1. The van der Waals surface area contributed by atoms with Gasteiger partial charge in [0.1, 0.15) is 0 Å². The average molecular weight is 325 g/mol. The largest absolute Gasteiger partial charge is 0.305 e. The van der Waals surface area contributed by atoms with Crippen LogP contribution < -0.4 is 10.9 Å². The molecule has 0 spiro atoms. The Morgan fingerprint density at radius 2 is 2.00 bits per heavy atom. The van der Waals surface area contributed by atoms with Gasteiger partial charge in [-0.3, -0.25) is 9.48 Å². The van der Waals surface area contributed by atoms with Gasteiger partial charge in [0.05, 0.1) is 24.3 Å². The summed E-state index contributed by atoms with van der Waals surface area (Å²) in [4.78, 5) is 12.6. The fraction of sp³-hybridized carbons (Fsp3) is 0.389. The van der Waals surface area contributed by atoms with E-state index in [-0.39, 0.29) is 17.6 Å². The monoisotopic (exact) mass is 325 g/mol. The molecule has 6 heteroatoms. The van der Waals surface area contributed by atoms with Crippen LogP contribution in [0.15, 0.2) is 47.7 Å². The smallest absolute Gasteiger partial charge is 0.274 e. The molecule has 2 unspecified atom stereocenters. The number of hydrogen-bond donors (Lipinski definition) is 1. The highest BCUT2D eigenvalue weighted by molar-refractivity contribution is 5.80. The highest BCUT2D eigenvalue weighted by atomic mass is 16.1. The minimum Gasteiger partial charge on any atom is -0.305 e. The number of fused-ring (bicyclic) bond motifs is 1. The molecule has 1 aromatic carbocycles. The van der Waals surface area contributed by atoms with Gasteiger partial charge in [-0.1, -0.05) is 25.1 Å². The summed E-state index contributed by atoms with van der Waals surface area (Å²) >= 11 is 0. The molecule has 0 fully saturated rings. The fourth-order valence-corrected chi connectivity index (χ4v) is 2.98. The van der Waals surface area contributed by atoms with Gasteiger partial charge in [0.15, 0.2) is 0 Å². The molecular weight excluding hydrogens is 302 g/mol. The molecule has 3 rings (SSSR count). The van der Waals surface area contributed by atoms with Crippen LogP contribution in [0, 0.1) is 0 Å². The van der Waals surface area contributed by atoms with Crippen LogP contribution >= 0.6 is 0 Å². The van der Waals surface area contributed by atoms with Gasteiger partial charge in [-0.25, -0.2) is 4.68 Å². The molecule has 1 N–H and O–H groups in total. The minimum atomic E-state index is -0.0452.